The van der Waals surface area contributed by atoms with Crippen LogP contribution in [0.1, 0.15) is 41.4 Å². The fraction of sp³-hybridized carbons (Fsp3) is 0.263. The number of fused-ring (bicyclic) bond motifs is 1. The summed E-state index contributed by atoms with van der Waals surface area (Å²) in [6, 6.07) is 16.0. The zero-order chi connectivity index (χ0) is 15.0. The molecule has 2 nitrogen and oxygen atoms in total. The van der Waals surface area contributed by atoms with Crippen LogP contribution in [0, 0.1) is 18.8 Å². The highest BCUT2D eigenvalue weighted by Crippen LogP contribution is 2.41. The Morgan fingerprint density at radius 3 is 2.43 bits per heavy atom. The third kappa shape index (κ3) is 2.35. The van der Waals surface area contributed by atoms with Crippen molar-refractivity contribution in [3.8, 4) is 0 Å². The molecule has 1 aliphatic rings. The number of carbonyl (C=O) groups excluding carboxylic acids is 1. The number of rotatable bonds is 2. The Morgan fingerprint density at radius 1 is 1.05 bits per heavy atom. The SMILES string of the molecule is [CH2]c1cccc2c1C(=O)C(C(C)C)C(c1ccccc1)N2. The number of Topliss-reactive ketones (excluding diaryl/α,β-unsaturated/α-hetero) is 1. The average molecular weight is 278 g/mol. The van der Waals surface area contributed by atoms with E-state index in [4.69, 9.17) is 0 Å². The van der Waals surface area contributed by atoms with E-state index in [1.165, 1.54) is 0 Å². The molecule has 0 saturated heterocycles. The third-order valence-electron chi connectivity index (χ3n) is 4.25. The fourth-order valence-corrected chi connectivity index (χ4v) is 3.23. The summed E-state index contributed by atoms with van der Waals surface area (Å²) in [6.07, 6.45) is 0. The summed E-state index contributed by atoms with van der Waals surface area (Å²) < 4.78 is 0. The maximum Gasteiger partial charge on any atom is 0.170 e. The molecule has 2 aromatic rings. The van der Waals surface area contributed by atoms with Gasteiger partial charge in [-0.25, -0.2) is 0 Å². The van der Waals surface area contributed by atoms with Gasteiger partial charge in [-0.3, -0.25) is 4.79 Å². The van der Waals surface area contributed by atoms with Gasteiger partial charge >= 0.3 is 0 Å². The Morgan fingerprint density at radius 2 is 1.76 bits per heavy atom. The molecule has 0 spiro atoms. The normalized spacial score (nSPS) is 21.0. The predicted octanol–water partition coefficient (Wildman–Crippen LogP) is 4.49. The molecule has 1 N–H and O–H groups in total. The van der Waals surface area contributed by atoms with Gasteiger partial charge in [0.25, 0.3) is 0 Å². The molecule has 2 unspecified atom stereocenters. The quantitative estimate of drug-likeness (QED) is 0.877. The molecule has 2 heteroatoms. The first-order valence-corrected chi connectivity index (χ1v) is 7.40. The summed E-state index contributed by atoms with van der Waals surface area (Å²) in [5.41, 5.74) is 3.62. The summed E-state index contributed by atoms with van der Waals surface area (Å²) >= 11 is 0. The van der Waals surface area contributed by atoms with Crippen molar-refractivity contribution >= 4 is 11.5 Å². The molecular formula is C19H20NO. The topological polar surface area (TPSA) is 29.1 Å². The molecule has 21 heavy (non-hydrogen) atoms. The lowest BCUT2D eigenvalue weighted by Gasteiger charge is -2.36. The molecule has 2 atom stereocenters. The molecular weight excluding hydrogens is 258 g/mol. The molecule has 107 valence electrons. The van der Waals surface area contributed by atoms with Crippen LogP contribution in [0.4, 0.5) is 5.69 Å². The van der Waals surface area contributed by atoms with E-state index in [1.807, 2.05) is 36.4 Å². The van der Waals surface area contributed by atoms with Crippen LogP contribution < -0.4 is 5.32 Å². The summed E-state index contributed by atoms with van der Waals surface area (Å²) in [4.78, 5) is 13.0. The Balaban J connectivity index is 2.12. The minimum Gasteiger partial charge on any atom is -0.377 e. The Kier molecular flexibility index (Phi) is 3.54. The number of carbonyl (C=O) groups is 1. The van der Waals surface area contributed by atoms with Crippen molar-refractivity contribution in [1.29, 1.82) is 0 Å². The second kappa shape index (κ2) is 5.36. The molecule has 0 aliphatic carbocycles. The summed E-state index contributed by atoms with van der Waals surface area (Å²) in [5, 5.41) is 3.56. The molecule has 1 heterocycles. The largest absolute Gasteiger partial charge is 0.377 e. The van der Waals surface area contributed by atoms with Gasteiger partial charge in [0.1, 0.15) is 0 Å². The smallest absolute Gasteiger partial charge is 0.170 e. The second-order valence-electron chi connectivity index (χ2n) is 6.01. The van der Waals surface area contributed by atoms with Crippen LogP contribution in [0.2, 0.25) is 0 Å². The number of hydrogen-bond donors (Lipinski definition) is 1. The Hall–Kier alpha value is -2.09. The molecule has 3 rings (SSSR count). The summed E-state index contributed by atoms with van der Waals surface area (Å²) in [6.45, 7) is 8.23. The molecule has 0 fully saturated rings. The van der Waals surface area contributed by atoms with E-state index in [-0.39, 0.29) is 23.7 Å². The van der Waals surface area contributed by atoms with Crippen LogP contribution in [0.3, 0.4) is 0 Å². The third-order valence-corrected chi connectivity index (χ3v) is 4.25. The van der Waals surface area contributed by atoms with Crippen LogP contribution in [0.5, 0.6) is 0 Å². The molecule has 1 aliphatic heterocycles. The summed E-state index contributed by atoms with van der Waals surface area (Å²) in [7, 11) is 0. The lowest BCUT2D eigenvalue weighted by atomic mass is 9.75. The number of anilines is 1. The molecule has 2 aromatic carbocycles. The van der Waals surface area contributed by atoms with Gasteiger partial charge in [-0.15, -0.1) is 0 Å². The van der Waals surface area contributed by atoms with Gasteiger partial charge in [0.05, 0.1) is 6.04 Å². The van der Waals surface area contributed by atoms with Crippen LogP contribution in [0.25, 0.3) is 0 Å². The first-order valence-electron chi connectivity index (χ1n) is 7.40. The maximum absolute atomic E-state index is 13.0. The van der Waals surface area contributed by atoms with E-state index in [2.05, 4.69) is 38.2 Å². The molecule has 0 saturated carbocycles. The predicted molar refractivity (Wildman–Crippen MR) is 86.4 cm³/mol. The second-order valence-corrected chi connectivity index (χ2v) is 6.01. The first kappa shape index (κ1) is 13.9. The van der Waals surface area contributed by atoms with Crippen LogP contribution in [-0.4, -0.2) is 5.78 Å². The van der Waals surface area contributed by atoms with Gasteiger partial charge in [0, 0.05) is 17.2 Å². The Labute approximate surface area is 126 Å². The van der Waals surface area contributed by atoms with Gasteiger partial charge < -0.3 is 5.32 Å². The highest BCUT2D eigenvalue weighted by molar-refractivity contribution is 6.06. The van der Waals surface area contributed by atoms with E-state index in [1.54, 1.807) is 0 Å². The van der Waals surface area contributed by atoms with Crippen LogP contribution >= 0.6 is 0 Å². The molecule has 0 aromatic heterocycles. The van der Waals surface area contributed by atoms with Crippen molar-refractivity contribution in [1.82, 2.24) is 0 Å². The number of ketones is 1. The van der Waals surface area contributed by atoms with Gasteiger partial charge in [-0.2, -0.15) is 0 Å². The zero-order valence-electron chi connectivity index (χ0n) is 12.5. The highest BCUT2D eigenvalue weighted by atomic mass is 16.1. The van der Waals surface area contributed by atoms with Crippen molar-refractivity contribution in [3.63, 3.8) is 0 Å². The number of nitrogens with one attached hydrogen (secondary N) is 1. The van der Waals surface area contributed by atoms with E-state index in [0.717, 1.165) is 22.4 Å². The summed E-state index contributed by atoms with van der Waals surface area (Å²) in [5.74, 6) is 0.406. The number of hydrogen-bond acceptors (Lipinski definition) is 2. The lowest BCUT2D eigenvalue weighted by Crippen LogP contribution is -2.37. The van der Waals surface area contributed by atoms with Crippen molar-refractivity contribution in [2.75, 3.05) is 5.32 Å². The molecule has 0 bridgehead atoms. The number of benzene rings is 2. The monoisotopic (exact) mass is 278 g/mol. The fourth-order valence-electron chi connectivity index (χ4n) is 3.23. The average Bonchev–Trinajstić information content (AvgIpc) is 2.47. The minimum absolute atomic E-state index is 0.0213. The van der Waals surface area contributed by atoms with Gasteiger partial charge in [-0.05, 0) is 30.0 Å². The van der Waals surface area contributed by atoms with Gasteiger partial charge in [0.2, 0.25) is 0 Å². The van der Waals surface area contributed by atoms with E-state index < -0.39 is 0 Å². The van der Waals surface area contributed by atoms with E-state index >= 15 is 0 Å². The van der Waals surface area contributed by atoms with Crippen molar-refractivity contribution < 1.29 is 4.79 Å². The standard InChI is InChI=1S/C19H20NO/c1-12(2)16-18(14-9-5-4-6-10-14)20-15-11-7-8-13(3)17(15)19(16)21/h4-12,16,18,20H,3H2,1-2H3. The van der Waals surface area contributed by atoms with Crippen molar-refractivity contribution in [2.24, 2.45) is 11.8 Å². The zero-order valence-corrected chi connectivity index (χ0v) is 12.5. The highest BCUT2D eigenvalue weighted by Gasteiger charge is 2.38. The van der Waals surface area contributed by atoms with Crippen molar-refractivity contribution in [2.45, 2.75) is 19.9 Å². The van der Waals surface area contributed by atoms with E-state index in [9.17, 15) is 4.79 Å². The molecule has 1 radical (unpaired) electrons. The lowest BCUT2D eigenvalue weighted by molar-refractivity contribution is 0.0858. The van der Waals surface area contributed by atoms with Crippen molar-refractivity contribution in [3.05, 3.63) is 72.1 Å². The first-order chi connectivity index (χ1) is 10.1. The van der Waals surface area contributed by atoms with Crippen LogP contribution in [0.15, 0.2) is 48.5 Å². The maximum atomic E-state index is 13.0. The minimum atomic E-state index is -0.0669. The van der Waals surface area contributed by atoms with E-state index in [0.29, 0.717) is 0 Å². The molecule has 0 amide bonds. The van der Waals surface area contributed by atoms with Gasteiger partial charge in [0.15, 0.2) is 5.78 Å². The Bertz CT molecular complexity index is 661. The van der Waals surface area contributed by atoms with Crippen LogP contribution in [-0.2, 0) is 0 Å². The van der Waals surface area contributed by atoms with Gasteiger partial charge in [-0.1, -0.05) is 56.3 Å².